The molecule has 0 unspecified atom stereocenters. The number of nitrogens with zero attached hydrogens (tertiary/aromatic N) is 5. The van der Waals surface area contributed by atoms with Gasteiger partial charge in [0.25, 0.3) is 5.91 Å². The van der Waals surface area contributed by atoms with Gasteiger partial charge in [-0.3, -0.25) is 4.79 Å². The molecule has 5 rings (SSSR count). The molecule has 0 spiro atoms. The number of piperidine rings is 1. The van der Waals surface area contributed by atoms with Crippen molar-refractivity contribution in [2.45, 2.75) is 38.6 Å². The number of aromatic nitrogens is 1. The second-order valence-electron chi connectivity index (χ2n) is 8.17. The lowest BCUT2D eigenvalue weighted by Gasteiger charge is -2.35. The van der Waals surface area contributed by atoms with Crippen LogP contribution < -0.4 is 4.90 Å². The fraction of sp³-hybridized carbons (Fsp3) is 0.348. The molecule has 0 aliphatic carbocycles. The largest absolute Gasteiger partial charge is 0.334 e. The average Bonchev–Trinajstić information content (AvgIpc) is 3.37. The van der Waals surface area contributed by atoms with Crippen molar-refractivity contribution in [2.75, 3.05) is 13.2 Å². The fourth-order valence-electron chi connectivity index (χ4n) is 4.45. The van der Waals surface area contributed by atoms with Crippen molar-refractivity contribution in [3.8, 4) is 10.4 Å². The van der Waals surface area contributed by atoms with E-state index in [-0.39, 0.29) is 24.5 Å². The first-order chi connectivity index (χ1) is 15.5. The predicted molar refractivity (Wildman–Crippen MR) is 120 cm³/mol. The second-order valence-corrected chi connectivity index (χ2v) is 9.38. The minimum Gasteiger partial charge on any atom is -0.334 e. The molecule has 0 N–H and O–H groups in total. The van der Waals surface area contributed by atoms with E-state index in [2.05, 4.69) is 9.98 Å². The van der Waals surface area contributed by atoms with Crippen LogP contribution in [0.2, 0.25) is 0 Å². The molecule has 1 amide bonds. The van der Waals surface area contributed by atoms with Gasteiger partial charge in [-0.25, -0.2) is 4.98 Å². The predicted octanol–water partition coefficient (Wildman–Crippen LogP) is 4.87. The number of amidine groups is 1. The molecule has 1 aromatic carbocycles. The van der Waals surface area contributed by atoms with Crippen molar-refractivity contribution in [3.63, 3.8) is 0 Å². The lowest BCUT2D eigenvalue weighted by molar-refractivity contribution is 0.0608. The summed E-state index contributed by atoms with van der Waals surface area (Å²) in [5.41, 5.74) is 2.12. The Balaban J connectivity index is 1.39. The first kappa shape index (κ1) is 21.0. The van der Waals surface area contributed by atoms with Gasteiger partial charge < -0.3 is 4.90 Å². The van der Waals surface area contributed by atoms with Gasteiger partial charge >= 0.3 is 5.84 Å². The molecule has 1 fully saturated rings. The Hall–Kier alpha value is -2.91. The number of aliphatic imine (C=N–C) groups is 1. The summed E-state index contributed by atoms with van der Waals surface area (Å²) < 4.78 is 27.6. The third-order valence-electron chi connectivity index (χ3n) is 5.89. The van der Waals surface area contributed by atoms with E-state index in [1.54, 1.807) is 6.20 Å². The standard InChI is InChI=1S/C23H23F2N5OS/c1-15-26-20(21(32-15)16-7-3-2-4-8-16)23(31)30-10-6-5-9-18(30)11-17-12-28-14-29(25)13-19(24)22(28)27-17/h2-4,7-8,12-13,18H,5-6,9-11,14H2,1H3/q+1/t18-/m0/s1. The SMILES string of the molecule is Cc1nc(C(=O)N2CCCC[C@H]2CC2=C[N+]3CN(F)C=C(F)C3=N2)c(-c2ccccc2)s1. The molecule has 1 aromatic heterocycles. The van der Waals surface area contributed by atoms with E-state index in [1.165, 1.54) is 16.2 Å². The lowest BCUT2D eigenvalue weighted by atomic mass is 9.97. The zero-order valence-electron chi connectivity index (χ0n) is 17.7. The van der Waals surface area contributed by atoms with Crippen LogP contribution >= 0.6 is 11.3 Å². The number of likely N-dealkylation sites (tertiary alicyclic amines) is 1. The molecule has 165 valence electrons. The maximum Gasteiger partial charge on any atom is 0.321 e. The molecular weight excluding hydrogens is 432 g/mol. The topological polar surface area (TPSA) is 54.7 Å². The number of fused-ring (bicyclic) bond motifs is 1. The van der Waals surface area contributed by atoms with E-state index < -0.39 is 5.83 Å². The number of carbonyl (C=O) groups excluding carboxylic acids is 1. The highest BCUT2D eigenvalue weighted by molar-refractivity contribution is 7.15. The molecule has 3 aliphatic heterocycles. The Kier molecular flexibility index (Phi) is 5.60. The van der Waals surface area contributed by atoms with Crippen LogP contribution in [-0.4, -0.2) is 46.0 Å². The maximum absolute atomic E-state index is 14.1. The number of rotatable bonds is 4. The Morgan fingerprint density at radius 3 is 2.91 bits per heavy atom. The van der Waals surface area contributed by atoms with Crippen LogP contribution in [0, 0.1) is 6.92 Å². The van der Waals surface area contributed by atoms with Gasteiger partial charge in [0.1, 0.15) is 11.4 Å². The first-order valence-electron chi connectivity index (χ1n) is 10.7. The summed E-state index contributed by atoms with van der Waals surface area (Å²) in [6.07, 6.45) is 5.75. The van der Waals surface area contributed by atoms with Crippen LogP contribution in [0.25, 0.3) is 10.4 Å². The summed E-state index contributed by atoms with van der Waals surface area (Å²) in [6.45, 7) is 2.46. The molecule has 1 radical (unpaired) electrons. The number of thiazole rings is 1. The summed E-state index contributed by atoms with van der Waals surface area (Å²) in [5.74, 6) is -0.654. The van der Waals surface area contributed by atoms with E-state index >= 15 is 0 Å². The third-order valence-corrected chi connectivity index (χ3v) is 6.91. The van der Waals surface area contributed by atoms with Crippen molar-refractivity contribution in [1.82, 2.24) is 19.9 Å². The van der Waals surface area contributed by atoms with Crippen molar-refractivity contribution >= 4 is 23.1 Å². The zero-order chi connectivity index (χ0) is 22.2. The number of halogens is 2. The van der Waals surface area contributed by atoms with Gasteiger partial charge in [0.15, 0.2) is 6.20 Å². The molecule has 1 atom stereocenters. The third kappa shape index (κ3) is 3.98. The smallest absolute Gasteiger partial charge is 0.321 e. The maximum atomic E-state index is 14.1. The van der Waals surface area contributed by atoms with Gasteiger partial charge in [-0.2, -0.15) is 14.5 Å². The number of aryl methyl sites for hydroxylation is 1. The summed E-state index contributed by atoms with van der Waals surface area (Å²) in [5, 5.41) is 1.14. The molecule has 9 heteroatoms. The number of benzene rings is 1. The number of hydrogen-bond donors (Lipinski definition) is 0. The normalized spacial score (nSPS) is 21.2. The van der Waals surface area contributed by atoms with Crippen LogP contribution in [0.15, 0.2) is 59.2 Å². The van der Waals surface area contributed by atoms with Crippen LogP contribution in [-0.2, 0) is 0 Å². The van der Waals surface area contributed by atoms with Crippen molar-refractivity contribution in [2.24, 2.45) is 4.99 Å². The molecule has 4 heterocycles. The molecule has 3 aliphatic rings. The minimum absolute atomic E-state index is 0.0626. The fourth-order valence-corrected chi connectivity index (χ4v) is 5.36. The van der Waals surface area contributed by atoms with E-state index in [9.17, 15) is 13.7 Å². The zero-order valence-corrected chi connectivity index (χ0v) is 18.5. The van der Waals surface area contributed by atoms with Crippen molar-refractivity contribution < 1.29 is 13.7 Å². The highest BCUT2D eigenvalue weighted by Gasteiger charge is 2.40. The van der Waals surface area contributed by atoms with Crippen LogP contribution in [0.1, 0.15) is 41.2 Å². The Morgan fingerprint density at radius 2 is 2.09 bits per heavy atom. The van der Waals surface area contributed by atoms with Crippen molar-refractivity contribution in [1.29, 1.82) is 0 Å². The van der Waals surface area contributed by atoms with Gasteiger partial charge in [0.2, 0.25) is 12.5 Å². The van der Waals surface area contributed by atoms with Crippen LogP contribution in [0.3, 0.4) is 0 Å². The Morgan fingerprint density at radius 1 is 1.28 bits per heavy atom. The first-order valence-corrected chi connectivity index (χ1v) is 11.5. The van der Waals surface area contributed by atoms with Gasteiger partial charge in [0, 0.05) is 19.0 Å². The molecule has 32 heavy (non-hydrogen) atoms. The monoisotopic (exact) mass is 455 g/mol. The summed E-state index contributed by atoms with van der Waals surface area (Å²) in [4.78, 5) is 26.8. The highest BCUT2D eigenvalue weighted by atomic mass is 32.1. The van der Waals surface area contributed by atoms with Crippen LogP contribution in [0.4, 0.5) is 8.87 Å². The number of carbonyl (C=O) groups is 1. The lowest BCUT2D eigenvalue weighted by Crippen LogP contribution is -2.44. The molecule has 0 bridgehead atoms. The number of amides is 1. The highest BCUT2D eigenvalue weighted by Crippen LogP contribution is 2.34. The van der Waals surface area contributed by atoms with E-state index in [4.69, 9.17) is 0 Å². The van der Waals surface area contributed by atoms with Gasteiger partial charge in [0.05, 0.1) is 16.1 Å². The molecule has 1 saturated heterocycles. The summed E-state index contributed by atoms with van der Waals surface area (Å²) in [6, 6.07) is 9.77. The van der Waals surface area contributed by atoms with E-state index in [1.807, 2.05) is 42.2 Å². The molecule has 2 aromatic rings. The van der Waals surface area contributed by atoms with Crippen LogP contribution in [0.5, 0.6) is 0 Å². The quantitative estimate of drug-likeness (QED) is 0.489. The minimum atomic E-state index is -0.702. The van der Waals surface area contributed by atoms with Gasteiger partial charge in [-0.1, -0.05) is 39.7 Å². The Labute approximate surface area is 189 Å². The molecule has 0 saturated carbocycles. The van der Waals surface area contributed by atoms with Gasteiger partial charge in [-0.05, 0) is 31.7 Å². The second kappa shape index (κ2) is 8.55. The summed E-state index contributed by atoms with van der Waals surface area (Å²) in [7, 11) is 0. The van der Waals surface area contributed by atoms with Gasteiger partial charge in [-0.15, -0.1) is 11.3 Å². The molecule has 6 nitrogen and oxygen atoms in total. The Bertz CT molecular complexity index is 1130. The number of hydrogen-bond acceptors (Lipinski definition) is 6. The van der Waals surface area contributed by atoms with E-state index in [0.717, 1.165) is 40.9 Å². The van der Waals surface area contributed by atoms with Crippen molar-refractivity contribution in [3.05, 3.63) is 65.0 Å². The average molecular weight is 456 g/mol. The summed E-state index contributed by atoms with van der Waals surface area (Å²) >= 11 is 1.52. The molecular formula is C23H23F2N5OS+. The van der Waals surface area contributed by atoms with E-state index in [0.29, 0.717) is 29.5 Å².